The molecular formula is C17H13NO2. The number of carbonyl (C=O) groups is 1. The molecule has 3 nitrogen and oxygen atoms in total. The van der Waals surface area contributed by atoms with E-state index in [-0.39, 0.29) is 0 Å². The maximum absolute atomic E-state index is 11.1. The number of benzene rings is 2. The maximum atomic E-state index is 11.1. The van der Waals surface area contributed by atoms with Crippen molar-refractivity contribution in [1.82, 2.24) is 4.98 Å². The first kappa shape index (κ1) is 12.4. The predicted molar refractivity (Wildman–Crippen MR) is 78.4 cm³/mol. The Hall–Kier alpha value is -2.68. The largest absolute Gasteiger partial charge is 0.456 e. The Bertz CT molecular complexity index is 776. The number of hydrogen-bond acceptors (Lipinski definition) is 3. The molecule has 0 fully saturated rings. The number of nitrogens with zero attached hydrogens (tertiary/aromatic N) is 1. The Labute approximate surface area is 116 Å². The molecule has 2 aromatic carbocycles. The van der Waals surface area contributed by atoms with E-state index in [0.717, 1.165) is 22.8 Å². The summed E-state index contributed by atoms with van der Waals surface area (Å²) in [6.45, 7) is 1.94. The summed E-state index contributed by atoms with van der Waals surface area (Å²) in [5.74, 6) is 1.25. The number of aldehydes is 1. The monoisotopic (exact) mass is 263 g/mol. The molecule has 0 aliphatic heterocycles. The molecule has 0 unspecified atom stereocenters. The van der Waals surface area contributed by atoms with Crippen LogP contribution in [0, 0.1) is 6.92 Å². The third-order valence-corrected chi connectivity index (χ3v) is 3.12. The summed E-state index contributed by atoms with van der Waals surface area (Å²) >= 11 is 0. The quantitative estimate of drug-likeness (QED) is 0.666. The van der Waals surface area contributed by atoms with Gasteiger partial charge in [0.05, 0.1) is 11.1 Å². The lowest BCUT2D eigenvalue weighted by atomic mass is 10.1. The van der Waals surface area contributed by atoms with Gasteiger partial charge in [-0.3, -0.25) is 9.78 Å². The van der Waals surface area contributed by atoms with Gasteiger partial charge < -0.3 is 4.74 Å². The summed E-state index contributed by atoms with van der Waals surface area (Å²) < 4.78 is 5.90. The summed E-state index contributed by atoms with van der Waals surface area (Å²) in [7, 11) is 0. The van der Waals surface area contributed by atoms with E-state index in [4.69, 9.17) is 4.74 Å². The molecule has 3 rings (SSSR count). The number of rotatable bonds is 3. The van der Waals surface area contributed by atoms with Crippen LogP contribution in [0.3, 0.4) is 0 Å². The molecule has 0 bridgehead atoms. The lowest BCUT2D eigenvalue weighted by molar-refractivity contribution is 0.112. The van der Waals surface area contributed by atoms with Crippen LogP contribution >= 0.6 is 0 Å². The second-order valence-corrected chi connectivity index (χ2v) is 4.59. The lowest BCUT2D eigenvalue weighted by Gasteiger charge is -2.10. The van der Waals surface area contributed by atoms with E-state index in [1.54, 1.807) is 6.20 Å². The number of hydrogen-bond donors (Lipinski definition) is 0. The molecule has 20 heavy (non-hydrogen) atoms. The molecule has 0 aliphatic carbocycles. The molecular weight excluding hydrogens is 250 g/mol. The van der Waals surface area contributed by atoms with Crippen molar-refractivity contribution in [2.24, 2.45) is 0 Å². The number of carbonyl (C=O) groups excluding carboxylic acids is 1. The van der Waals surface area contributed by atoms with Gasteiger partial charge >= 0.3 is 0 Å². The SMILES string of the molecule is Cc1ccc(Oc2cccc3ncccc23)c(C=O)c1. The van der Waals surface area contributed by atoms with Crippen LogP contribution in [0.4, 0.5) is 0 Å². The van der Waals surface area contributed by atoms with Gasteiger partial charge in [-0.25, -0.2) is 0 Å². The second-order valence-electron chi connectivity index (χ2n) is 4.59. The molecule has 98 valence electrons. The normalized spacial score (nSPS) is 10.4. The summed E-state index contributed by atoms with van der Waals surface area (Å²) in [6.07, 6.45) is 2.56. The average molecular weight is 263 g/mol. The molecule has 3 heteroatoms. The summed E-state index contributed by atoms with van der Waals surface area (Å²) in [5, 5.41) is 0.924. The lowest BCUT2D eigenvalue weighted by Crippen LogP contribution is -1.92. The van der Waals surface area contributed by atoms with Gasteiger partial charge in [0.25, 0.3) is 0 Å². The highest BCUT2D eigenvalue weighted by molar-refractivity contribution is 5.86. The second kappa shape index (κ2) is 5.13. The van der Waals surface area contributed by atoms with E-state index in [1.807, 2.05) is 55.5 Å². The minimum Gasteiger partial charge on any atom is -0.456 e. The van der Waals surface area contributed by atoms with Crippen LogP contribution in [0.25, 0.3) is 10.9 Å². The van der Waals surface area contributed by atoms with Gasteiger partial charge in [0.1, 0.15) is 11.5 Å². The first-order valence-electron chi connectivity index (χ1n) is 6.35. The summed E-state index contributed by atoms with van der Waals surface area (Å²) in [6, 6.07) is 15.1. The van der Waals surface area contributed by atoms with Crippen LogP contribution in [-0.4, -0.2) is 11.3 Å². The average Bonchev–Trinajstić information content (AvgIpc) is 2.49. The van der Waals surface area contributed by atoms with Crippen molar-refractivity contribution < 1.29 is 9.53 Å². The fraction of sp³-hybridized carbons (Fsp3) is 0.0588. The van der Waals surface area contributed by atoms with E-state index < -0.39 is 0 Å². The Balaban J connectivity index is 2.08. The van der Waals surface area contributed by atoms with Crippen LogP contribution in [0.1, 0.15) is 15.9 Å². The van der Waals surface area contributed by atoms with Gasteiger partial charge in [0.15, 0.2) is 6.29 Å². The number of aromatic nitrogens is 1. The molecule has 3 aromatic rings. The zero-order valence-corrected chi connectivity index (χ0v) is 11.0. The van der Waals surface area contributed by atoms with E-state index in [1.165, 1.54) is 0 Å². The van der Waals surface area contributed by atoms with E-state index >= 15 is 0 Å². The predicted octanol–water partition coefficient (Wildman–Crippen LogP) is 4.15. The standard InChI is InChI=1S/C17H13NO2/c1-12-7-8-16(13(10-12)11-19)20-17-6-2-5-15-14(17)4-3-9-18-15/h2-11H,1H3. The molecule has 1 heterocycles. The van der Waals surface area contributed by atoms with Crippen molar-refractivity contribution in [2.45, 2.75) is 6.92 Å². The summed E-state index contributed by atoms with van der Waals surface area (Å²) in [5.41, 5.74) is 2.44. The van der Waals surface area contributed by atoms with Gasteiger partial charge in [0, 0.05) is 11.6 Å². The smallest absolute Gasteiger partial charge is 0.153 e. The molecule has 0 amide bonds. The Kier molecular flexibility index (Phi) is 3.17. The van der Waals surface area contributed by atoms with E-state index in [2.05, 4.69) is 4.98 Å². The molecule has 0 atom stereocenters. The Morgan fingerprint density at radius 2 is 1.95 bits per heavy atom. The number of aryl methyl sites for hydroxylation is 1. The molecule has 0 radical (unpaired) electrons. The van der Waals surface area contributed by atoms with Crippen molar-refractivity contribution in [3.63, 3.8) is 0 Å². The zero-order chi connectivity index (χ0) is 13.9. The van der Waals surface area contributed by atoms with Crippen molar-refractivity contribution in [3.05, 3.63) is 65.9 Å². The molecule has 0 saturated carbocycles. The van der Waals surface area contributed by atoms with Crippen LogP contribution in [0.5, 0.6) is 11.5 Å². The minimum atomic E-state index is 0.547. The molecule has 0 aliphatic rings. The minimum absolute atomic E-state index is 0.547. The molecule has 0 spiro atoms. The molecule has 0 saturated heterocycles. The Morgan fingerprint density at radius 1 is 1.05 bits per heavy atom. The van der Waals surface area contributed by atoms with E-state index in [9.17, 15) is 4.79 Å². The van der Waals surface area contributed by atoms with Crippen molar-refractivity contribution in [1.29, 1.82) is 0 Å². The first-order valence-corrected chi connectivity index (χ1v) is 6.35. The van der Waals surface area contributed by atoms with Crippen molar-refractivity contribution >= 4 is 17.2 Å². The highest BCUT2D eigenvalue weighted by Crippen LogP contribution is 2.30. The Morgan fingerprint density at radius 3 is 2.80 bits per heavy atom. The van der Waals surface area contributed by atoms with E-state index in [0.29, 0.717) is 17.1 Å². The van der Waals surface area contributed by atoms with Gasteiger partial charge in [-0.05, 0) is 43.3 Å². The molecule has 0 N–H and O–H groups in total. The summed E-state index contributed by atoms with van der Waals surface area (Å²) in [4.78, 5) is 15.4. The topological polar surface area (TPSA) is 39.2 Å². The highest BCUT2D eigenvalue weighted by atomic mass is 16.5. The van der Waals surface area contributed by atoms with Crippen LogP contribution in [-0.2, 0) is 0 Å². The zero-order valence-electron chi connectivity index (χ0n) is 11.0. The van der Waals surface area contributed by atoms with Gasteiger partial charge in [-0.2, -0.15) is 0 Å². The fourth-order valence-electron chi connectivity index (χ4n) is 2.14. The number of fused-ring (bicyclic) bond motifs is 1. The van der Waals surface area contributed by atoms with Crippen molar-refractivity contribution in [2.75, 3.05) is 0 Å². The van der Waals surface area contributed by atoms with Gasteiger partial charge in [-0.15, -0.1) is 0 Å². The fourth-order valence-corrected chi connectivity index (χ4v) is 2.14. The van der Waals surface area contributed by atoms with Gasteiger partial charge in [-0.1, -0.05) is 17.7 Å². The van der Waals surface area contributed by atoms with Crippen molar-refractivity contribution in [3.8, 4) is 11.5 Å². The highest BCUT2D eigenvalue weighted by Gasteiger charge is 2.07. The van der Waals surface area contributed by atoms with Gasteiger partial charge in [0.2, 0.25) is 0 Å². The van der Waals surface area contributed by atoms with Crippen LogP contribution in [0.2, 0.25) is 0 Å². The third-order valence-electron chi connectivity index (χ3n) is 3.12. The third kappa shape index (κ3) is 2.26. The molecule has 1 aromatic heterocycles. The number of pyridine rings is 1. The number of ether oxygens (including phenoxy) is 1. The first-order chi connectivity index (χ1) is 9.78. The van der Waals surface area contributed by atoms with Crippen LogP contribution < -0.4 is 4.74 Å². The van der Waals surface area contributed by atoms with Crippen LogP contribution in [0.15, 0.2) is 54.7 Å². The maximum Gasteiger partial charge on any atom is 0.153 e.